The average molecular weight is 236 g/mol. The highest BCUT2D eigenvalue weighted by molar-refractivity contribution is 6.35. The summed E-state index contributed by atoms with van der Waals surface area (Å²) < 4.78 is 4.99. The van der Waals surface area contributed by atoms with E-state index >= 15 is 0 Å². The van der Waals surface area contributed by atoms with Gasteiger partial charge in [-0.25, -0.2) is 0 Å². The quantitative estimate of drug-likeness (QED) is 0.294. The fourth-order valence-corrected chi connectivity index (χ4v) is 1.02. The highest BCUT2D eigenvalue weighted by Crippen LogP contribution is 1.97. The molecule has 0 atom stereocenters. The SMILES string of the molecule is C#CCC(=O)NCC[B]CCOC(=O)C(C)C. The van der Waals surface area contributed by atoms with E-state index in [0.717, 1.165) is 6.32 Å². The van der Waals surface area contributed by atoms with Crippen LogP contribution in [0.1, 0.15) is 20.3 Å². The van der Waals surface area contributed by atoms with Crippen molar-refractivity contribution in [3.05, 3.63) is 0 Å². The van der Waals surface area contributed by atoms with Crippen molar-refractivity contribution in [3.63, 3.8) is 0 Å². The van der Waals surface area contributed by atoms with Gasteiger partial charge in [0.1, 0.15) is 7.28 Å². The molecule has 0 aliphatic carbocycles. The van der Waals surface area contributed by atoms with Gasteiger partial charge in [-0.15, -0.1) is 6.42 Å². The number of esters is 1. The fourth-order valence-electron chi connectivity index (χ4n) is 1.02. The van der Waals surface area contributed by atoms with Crippen LogP contribution >= 0.6 is 0 Å². The van der Waals surface area contributed by atoms with Crippen LogP contribution in [0.4, 0.5) is 0 Å². The lowest BCUT2D eigenvalue weighted by molar-refractivity contribution is -0.146. The zero-order chi connectivity index (χ0) is 13.1. The van der Waals surface area contributed by atoms with E-state index in [4.69, 9.17) is 11.2 Å². The molecule has 0 saturated heterocycles. The second kappa shape index (κ2) is 9.77. The molecular weight excluding hydrogens is 217 g/mol. The number of terminal acetylenes is 1. The first kappa shape index (κ1) is 15.6. The van der Waals surface area contributed by atoms with Gasteiger partial charge in [-0.1, -0.05) is 26.1 Å². The van der Waals surface area contributed by atoms with E-state index in [-0.39, 0.29) is 24.2 Å². The molecule has 0 rings (SSSR count). The first-order valence-electron chi connectivity index (χ1n) is 5.76. The Labute approximate surface area is 104 Å². The number of nitrogens with one attached hydrogen (secondary N) is 1. The van der Waals surface area contributed by atoms with Crippen molar-refractivity contribution in [2.24, 2.45) is 5.92 Å². The number of hydrogen-bond donors (Lipinski definition) is 1. The molecule has 0 aromatic heterocycles. The van der Waals surface area contributed by atoms with Gasteiger partial charge < -0.3 is 10.1 Å². The van der Waals surface area contributed by atoms with E-state index in [9.17, 15) is 9.59 Å². The molecule has 0 saturated carbocycles. The third kappa shape index (κ3) is 9.49. The van der Waals surface area contributed by atoms with Gasteiger partial charge in [-0.3, -0.25) is 9.59 Å². The van der Waals surface area contributed by atoms with Crippen molar-refractivity contribution < 1.29 is 14.3 Å². The summed E-state index contributed by atoms with van der Waals surface area (Å²) in [6.45, 7) is 4.56. The molecule has 4 nitrogen and oxygen atoms in total. The summed E-state index contributed by atoms with van der Waals surface area (Å²) in [4.78, 5) is 22.0. The Morgan fingerprint density at radius 1 is 1.41 bits per heavy atom. The van der Waals surface area contributed by atoms with Crippen molar-refractivity contribution in [2.45, 2.75) is 32.9 Å². The predicted molar refractivity (Wildman–Crippen MR) is 67.6 cm³/mol. The molecule has 0 fully saturated rings. The Hall–Kier alpha value is -1.44. The maximum atomic E-state index is 11.1. The molecule has 0 bridgehead atoms. The maximum Gasteiger partial charge on any atom is 0.308 e. The van der Waals surface area contributed by atoms with Gasteiger partial charge in [-0.2, -0.15) is 0 Å². The Morgan fingerprint density at radius 2 is 2.12 bits per heavy atom. The van der Waals surface area contributed by atoms with Gasteiger partial charge in [0, 0.05) is 6.54 Å². The normalized spacial score (nSPS) is 9.53. The minimum atomic E-state index is -0.180. The van der Waals surface area contributed by atoms with Crippen LogP contribution in [0.25, 0.3) is 0 Å². The van der Waals surface area contributed by atoms with Crippen LogP contribution in [0.5, 0.6) is 0 Å². The lowest BCUT2D eigenvalue weighted by Gasteiger charge is -2.06. The Kier molecular flexibility index (Phi) is 8.94. The summed E-state index contributed by atoms with van der Waals surface area (Å²) in [5.74, 6) is 1.87. The van der Waals surface area contributed by atoms with E-state index in [1.54, 1.807) is 13.8 Å². The fraction of sp³-hybridized carbons (Fsp3) is 0.667. The molecule has 0 aromatic rings. The zero-order valence-electron chi connectivity index (χ0n) is 10.5. The molecular formula is C12H19BNO3. The molecule has 93 valence electrons. The number of amides is 1. The summed E-state index contributed by atoms with van der Waals surface area (Å²) in [6, 6.07) is 0. The van der Waals surface area contributed by atoms with Crippen molar-refractivity contribution >= 4 is 19.2 Å². The molecule has 5 heteroatoms. The summed E-state index contributed by atoms with van der Waals surface area (Å²) in [5.41, 5.74) is 0. The molecule has 0 unspecified atom stereocenters. The number of rotatable bonds is 8. The van der Waals surface area contributed by atoms with Gasteiger partial charge in [0.05, 0.1) is 18.9 Å². The average Bonchev–Trinajstić information content (AvgIpc) is 2.27. The zero-order valence-corrected chi connectivity index (χ0v) is 10.5. The Bertz CT molecular complexity index is 284. The van der Waals surface area contributed by atoms with Gasteiger partial charge in [0.2, 0.25) is 5.91 Å². The van der Waals surface area contributed by atoms with Gasteiger partial charge >= 0.3 is 5.97 Å². The second-order valence-corrected chi connectivity index (χ2v) is 3.92. The lowest BCUT2D eigenvalue weighted by Crippen LogP contribution is -2.24. The van der Waals surface area contributed by atoms with Gasteiger partial charge in [0.15, 0.2) is 0 Å². The van der Waals surface area contributed by atoms with Gasteiger partial charge in [-0.05, 0) is 6.32 Å². The lowest BCUT2D eigenvalue weighted by atomic mass is 9.71. The topological polar surface area (TPSA) is 55.4 Å². The molecule has 1 N–H and O–H groups in total. The molecule has 0 heterocycles. The Morgan fingerprint density at radius 3 is 2.71 bits per heavy atom. The summed E-state index contributed by atoms with van der Waals surface area (Å²) in [5, 5.41) is 2.68. The molecule has 0 aromatic carbocycles. The first-order chi connectivity index (χ1) is 8.07. The number of ether oxygens (including phenoxy) is 1. The largest absolute Gasteiger partial charge is 0.466 e. The van der Waals surface area contributed by atoms with E-state index < -0.39 is 0 Å². The van der Waals surface area contributed by atoms with Crippen LogP contribution < -0.4 is 5.32 Å². The maximum absolute atomic E-state index is 11.1. The van der Waals surface area contributed by atoms with Crippen molar-refractivity contribution in [3.8, 4) is 12.3 Å². The van der Waals surface area contributed by atoms with Crippen LogP contribution in [0.3, 0.4) is 0 Å². The first-order valence-corrected chi connectivity index (χ1v) is 5.76. The number of hydrogen-bond acceptors (Lipinski definition) is 3. The van der Waals surface area contributed by atoms with Crippen molar-refractivity contribution in [1.82, 2.24) is 5.32 Å². The van der Waals surface area contributed by atoms with Crippen LogP contribution in [-0.2, 0) is 14.3 Å². The third-order valence-corrected chi connectivity index (χ3v) is 1.97. The standard InChI is InChI=1S/C12H19BNO3/c1-4-5-11(15)14-8-6-13-7-9-17-12(16)10(2)3/h1,10H,5-9H2,2-3H3,(H,14,15). The van der Waals surface area contributed by atoms with E-state index in [2.05, 4.69) is 11.2 Å². The molecule has 0 aliphatic heterocycles. The van der Waals surface area contributed by atoms with E-state index in [1.165, 1.54) is 0 Å². The summed E-state index contributed by atoms with van der Waals surface area (Å²) in [7, 11) is 1.98. The Balaban J connectivity index is 3.28. The molecule has 1 radical (unpaired) electrons. The van der Waals surface area contributed by atoms with Crippen molar-refractivity contribution in [2.75, 3.05) is 13.2 Å². The van der Waals surface area contributed by atoms with Gasteiger partial charge in [0.25, 0.3) is 0 Å². The third-order valence-electron chi connectivity index (χ3n) is 1.97. The van der Waals surface area contributed by atoms with E-state index in [1.807, 2.05) is 7.28 Å². The number of carbonyl (C=O) groups is 2. The highest BCUT2D eigenvalue weighted by atomic mass is 16.5. The van der Waals surface area contributed by atoms with Crippen molar-refractivity contribution in [1.29, 1.82) is 0 Å². The molecule has 1 amide bonds. The minimum absolute atomic E-state index is 0.0851. The van der Waals surface area contributed by atoms with Crippen LogP contribution in [0.15, 0.2) is 0 Å². The van der Waals surface area contributed by atoms with Crippen LogP contribution in [0.2, 0.25) is 12.6 Å². The van der Waals surface area contributed by atoms with Crippen LogP contribution in [0, 0.1) is 18.3 Å². The van der Waals surface area contributed by atoms with E-state index in [0.29, 0.717) is 19.5 Å². The smallest absolute Gasteiger partial charge is 0.308 e. The minimum Gasteiger partial charge on any atom is -0.466 e. The molecule has 0 aliphatic rings. The highest BCUT2D eigenvalue weighted by Gasteiger charge is 2.07. The summed E-state index contributed by atoms with van der Waals surface area (Å²) in [6.07, 6.45) is 6.55. The summed E-state index contributed by atoms with van der Waals surface area (Å²) >= 11 is 0. The second-order valence-electron chi connectivity index (χ2n) is 3.92. The van der Waals surface area contributed by atoms with Crippen LogP contribution in [-0.4, -0.2) is 32.3 Å². The monoisotopic (exact) mass is 236 g/mol. The predicted octanol–water partition coefficient (Wildman–Crippen LogP) is 0.866. The number of carbonyl (C=O) groups excluding carboxylic acids is 2. The molecule has 0 spiro atoms. The molecule has 17 heavy (non-hydrogen) atoms.